The van der Waals surface area contributed by atoms with Gasteiger partial charge in [0.25, 0.3) is 0 Å². The number of carbonyl (C=O) groups excluding carboxylic acids is 2. The summed E-state index contributed by atoms with van der Waals surface area (Å²) in [6.45, 7) is 3.19. The van der Waals surface area contributed by atoms with Gasteiger partial charge in [-0.25, -0.2) is 4.98 Å². The molecule has 0 spiro atoms. The average molecular weight is 467 g/mol. The lowest BCUT2D eigenvalue weighted by atomic mass is 10.1. The van der Waals surface area contributed by atoms with E-state index in [1.165, 1.54) is 0 Å². The zero-order valence-electron chi connectivity index (χ0n) is 18.2. The lowest BCUT2D eigenvalue weighted by Crippen LogP contribution is -2.27. The van der Waals surface area contributed by atoms with Crippen LogP contribution in [-0.4, -0.2) is 44.7 Å². The van der Waals surface area contributed by atoms with Gasteiger partial charge in [-0.05, 0) is 24.1 Å². The molecule has 5 rings (SSSR count). The molecule has 3 aromatic rings. The minimum absolute atomic E-state index is 0.117. The molecule has 33 heavy (non-hydrogen) atoms. The fourth-order valence-electron chi connectivity index (χ4n) is 4.45. The standard InChI is InChI=1S/C24H26N4O4S/c1-15-5-4-7-18-19(26-24(30)17-11-22(29)25-13-17)12-21(27-23(15)18)28-9-10-33(31,32)20-8-3-2-6-16(20)14-28/h2-8,12,17,31-32H,9-11,13-14H2,1H3,(H,25,29)(H,26,27,30). The van der Waals surface area contributed by atoms with Crippen molar-refractivity contribution in [3.63, 3.8) is 0 Å². The summed E-state index contributed by atoms with van der Waals surface area (Å²) in [5, 5.41) is 6.54. The van der Waals surface area contributed by atoms with E-state index >= 15 is 0 Å². The summed E-state index contributed by atoms with van der Waals surface area (Å²) in [7, 11) is -2.89. The molecule has 1 unspecified atom stereocenters. The van der Waals surface area contributed by atoms with Crippen LogP contribution in [0.25, 0.3) is 10.9 Å². The van der Waals surface area contributed by atoms with E-state index in [0.29, 0.717) is 36.0 Å². The van der Waals surface area contributed by atoms with Crippen molar-refractivity contribution in [3.05, 3.63) is 59.7 Å². The van der Waals surface area contributed by atoms with Gasteiger partial charge < -0.3 is 15.5 Å². The van der Waals surface area contributed by atoms with E-state index in [1.807, 2.05) is 54.3 Å². The second kappa shape index (κ2) is 8.33. The highest BCUT2D eigenvalue weighted by molar-refractivity contribution is 8.24. The largest absolute Gasteiger partial charge is 0.355 e. The van der Waals surface area contributed by atoms with E-state index in [0.717, 1.165) is 22.0 Å². The van der Waals surface area contributed by atoms with Crippen LogP contribution in [0.4, 0.5) is 11.5 Å². The highest BCUT2D eigenvalue weighted by atomic mass is 32.3. The normalized spacial score (nSPS) is 20.6. The van der Waals surface area contributed by atoms with Crippen molar-refractivity contribution in [1.29, 1.82) is 0 Å². The van der Waals surface area contributed by atoms with Gasteiger partial charge in [0.05, 0.1) is 27.8 Å². The third-order valence-electron chi connectivity index (χ3n) is 6.29. The molecule has 0 aliphatic carbocycles. The number of hydrogen-bond donors (Lipinski definition) is 4. The zero-order valence-corrected chi connectivity index (χ0v) is 19.1. The molecule has 3 heterocycles. The highest BCUT2D eigenvalue weighted by Crippen LogP contribution is 2.51. The molecule has 4 N–H and O–H groups in total. The van der Waals surface area contributed by atoms with Crippen molar-refractivity contribution in [3.8, 4) is 0 Å². The molecule has 2 amide bonds. The van der Waals surface area contributed by atoms with E-state index in [2.05, 4.69) is 10.6 Å². The molecular formula is C24H26N4O4S. The van der Waals surface area contributed by atoms with Crippen molar-refractivity contribution < 1.29 is 18.7 Å². The van der Waals surface area contributed by atoms with E-state index < -0.39 is 16.5 Å². The number of aryl methyl sites for hydroxylation is 1. The van der Waals surface area contributed by atoms with Crippen LogP contribution < -0.4 is 15.5 Å². The summed E-state index contributed by atoms with van der Waals surface area (Å²) >= 11 is 0. The van der Waals surface area contributed by atoms with Gasteiger partial charge in [-0.15, -0.1) is 0 Å². The fourth-order valence-corrected chi connectivity index (χ4v) is 5.99. The van der Waals surface area contributed by atoms with Gasteiger partial charge in [-0.2, -0.15) is 10.6 Å². The van der Waals surface area contributed by atoms with E-state index in [1.54, 1.807) is 6.07 Å². The third-order valence-corrected chi connectivity index (χ3v) is 8.14. The van der Waals surface area contributed by atoms with E-state index in [4.69, 9.17) is 4.98 Å². The Bertz CT molecular complexity index is 1260. The Morgan fingerprint density at radius 1 is 1.21 bits per heavy atom. The number of fused-ring (bicyclic) bond motifs is 2. The smallest absolute Gasteiger partial charge is 0.229 e. The maximum absolute atomic E-state index is 12.9. The van der Waals surface area contributed by atoms with Gasteiger partial charge in [0.2, 0.25) is 11.8 Å². The molecule has 1 atom stereocenters. The summed E-state index contributed by atoms with van der Waals surface area (Å²) in [6, 6.07) is 15.0. The Hall–Kier alpha value is -3.14. The van der Waals surface area contributed by atoms with Crippen molar-refractivity contribution in [2.75, 3.05) is 29.1 Å². The number of pyridine rings is 1. The van der Waals surface area contributed by atoms with Crippen LogP contribution in [-0.2, 0) is 16.1 Å². The van der Waals surface area contributed by atoms with Crippen LogP contribution in [0, 0.1) is 12.8 Å². The predicted molar refractivity (Wildman–Crippen MR) is 130 cm³/mol. The quantitative estimate of drug-likeness (QED) is 0.467. The first-order valence-electron chi connectivity index (χ1n) is 10.9. The summed E-state index contributed by atoms with van der Waals surface area (Å²) < 4.78 is 21.4. The number of nitrogens with one attached hydrogen (secondary N) is 2. The summed E-state index contributed by atoms with van der Waals surface area (Å²) in [5.41, 5.74) is 3.23. The first kappa shape index (κ1) is 21.7. The molecule has 1 fully saturated rings. The fraction of sp³-hybridized carbons (Fsp3) is 0.292. The Balaban J connectivity index is 1.54. The van der Waals surface area contributed by atoms with Gasteiger partial charge in [0.1, 0.15) is 5.82 Å². The van der Waals surface area contributed by atoms with Crippen molar-refractivity contribution in [2.45, 2.75) is 24.8 Å². The monoisotopic (exact) mass is 466 g/mol. The number of rotatable bonds is 3. The zero-order chi connectivity index (χ0) is 23.2. The number of para-hydroxylation sites is 1. The van der Waals surface area contributed by atoms with Gasteiger partial charge >= 0.3 is 0 Å². The number of anilines is 2. The topological polar surface area (TPSA) is 115 Å². The molecular weight excluding hydrogens is 440 g/mol. The number of carbonyl (C=O) groups is 2. The van der Waals surface area contributed by atoms with Crippen molar-refractivity contribution >= 4 is 44.8 Å². The van der Waals surface area contributed by atoms with Crippen LogP contribution in [0.3, 0.4) is 0 Å². The van der Waals surface area contributed by atoms with Crippen LogP contribution in [0.2, 0.25) is 0 Å². The molecule has 172 valence electrons. The van der Waals surface area contributed by atoms with Crippen LogP contribution in [0.1, 0.15) is 17.5 Å². The molecule has 1 saturated heterocycles. The van der Waals surface area contributed by atoms with Crippen molar-refractivity contribution in [2.24, 2.45) is 5.92 Å². The Labute approximate surface area is 193 Å². The maximum atomic E-state index is 12.9. The number of amides is 2. The lowest BCUT2D eigenvalue weighted by Gasteiger charge is -2.32. The van der Waals surface area contributed by atoms with Crippen molar-refractivity contribution in [1.82, 2.24) is 10.3 Å². The van der Waals surface area contributed by atoms with Crippen LogP contribution >= 0.6 is 10.6 Å². The maximum Gasteiger partial charge on any atom is 0.229 e. The molecule has 2 aliphatic rings. The Morgan fingerprint density at radius 2 is 2.03 bits per heavy atom. The summed E-state index contributed by atoms with van der Waals surface area (Å²) in [6.07, 6.45) is 0.182. The Kier molecular flexibility index (Phi) is 5.48. The average Bonchev–Trinajstić information content (AvgIpc) is 3.18. The van der Waals surface area contributed by atoms with Gasteiger partial charge in [-0.3, -0.25) is 18.7 Å². The van der Waals surface area contributed by atoms with Crippen LogP contribution in [0.5, 0.6) is 0 Å². The molecule has 1 aromatic heterocycles. The predicted octanol–water partition coefficient (Wildman–Crippen LogP) is 3.75. The first-order chi connectivity index (χ1) is 15.8. The number of nitrogens with zero attached hydrogens (tertiary/aromatic N) is 2. The lowest BCUT2D eigenvalue weighted by molar-refractivity contribution is -0.123. The Morgan fingerprint density at radius 3 is 2.82 bits per heavy atom. The SMILES string of the molecule is Cc1cccc2c(NC(=O)C3CNC(=O)C3)cc(N3CCS(O)(O)c4ccccc4C3)nc12. The molecule has 0 bridgehead atoms. The van der Waals surface area contributed by atoms with E-state index in [-0.39, 0.29) is 24.0 Å². The third kappa shape index (κ3) is 4.15. The molecule has 2 aliphatic heterocycles. The summed E-state index contributed by atoms with van der Waals surface area (Å²) in [5.74, 6) is 0.124. The molecule has 2 aromatic carbocycles. The number of benzene rings is 2. The number of aromatic nitrogens is 1. The van der Waals surface area contributed by atoms with Gasteiger partial charge in [0.15, 0.2) is 0 Å². The van der Waals surface area contributed by atoms with Gasteiger partial charge in [-0.1, -0.05) is 36.4 Å². The molecule has 8 nitrogen and oxygen atoms in total. The second-order valence-corrected chi connectivity index (χ2v) is 10.8. The summed E-state index contributed by atoms with van der Waals surface area (Å²) in [4.78, 5) is 31.9. The second-order valence-electron chi connectivity index (χ2n) is 8.59. The number of hydrogen-bond acceptors (Lipinski definition) is 6. The van der Waals surface area contributed by atoms with Crippen LogP contribution in [0.15, 0.2) is 53.4 Å². The highest BCUT2D eigenvalue weighted by Gasteiger charge is 2.29. The minimum Gasteiger partial charge on any atom is -0.355 e. The molecule has 9 heteroatoms. The molecule has 0 saturated carbocycles. The van der Waals surface area contributed by atoms with E-state index in [9.17, 15) is 18.7 Å². The minimum atomic E-state index is -2.89. The molecule has 0 radical (unpaired) electrons. The van der Waals surface area contributed by atoms with Gasteiger partial charge in [0, 0.05) is 37.5 Å². The first-order valence-corrected chi connectivity index (χ1v) is 12.6.